The zero-order valence-electron chi connectivity index (χ0n) is 16.2. The fourth-order valence-corrected chi connectivity index (χ4v) is 3.71. The highest BCUT2D eigenvalue weighted by Crippen LogP contribution is 2.29. The molecule has 0 saturated carbocycles. The van der Waals surface area contributed by atoms with Gasteiger partial charge in [-0.1, -0.05) is 29.8 Å². The van der Waals surface area contributed by atoms with Crippen molar-refractivity contribution in [3.63, 3.8) is 0 Å². The van der Waals surface area contributed by atoms with E-state index in [0.29, 0.717) is 29.7 Å². The molecule has 1 atom stereocenters. The van der Waals surface area contributed by atoms with E-state index in [4.69, 9.17) is 0 Å². The van der Waals surface area contributed by atoms with E-state index in [1.165, 1.54) is 0 Å². The highest BCUT2D eigenvalue weighted by Gasteiger charge is 2.49. The average Bonchev–Trinajstić information content (AvgIpc) is 2.92. The number of amides is 4. The van der Waals surface area contributed by atoms with Gasteiger partial charge in [0.25, 0.3) is 5.91 Å². The van der Waals surface area contributed by atoms with Gasteiger partial charge in [0.1, 0.15) is 5.54 Å². The Balaban J connectivity index is 1.54. The van der Waals surface area contributed by atoms with Crippen LogP contribution in [0.1, 0.15) is 40.4 Å². The third-order valence-corrected chi connectivity index (χ3v) is 5.53. The molecular weight excluding hydrogens is 370 g/mol. The van der Waals surface area contributed by atoms with Crippen molar-refractivity contribution in [2.45, 2.75) is 32.2 Å². The molecule has 0 aliphatic carbocycles. The van der Waals surface area contributed by atoms with E-state index in [1.54, 1.807) is 37.3 Å². The van der Waals surface area contributed by atoms with Gasteiger partial charge in [-0.3, -0.25) is 19.3 Å². The van der Waals surface area contributed by atoms with Crippen LogP contribution in [-0.4, -0.2) is 35.1 Å². The number of rotatable bonds is 4. The number of benzene rings is 2. The Hall–Kier alpha value is -3.48. The van der Waals surface area contributed by atoms with Crippen LogP contribution in [0.15, 0.2) is 42.5 Å². The van der Waals surface area contributed by atoms with E-state index in [0.717, 1.165) is 16.0 Å². The second-order valence-corrected chi connectivity index (χ2v) is 7.66. The van der Waals surface area contributed by atoms with Gasteiger partial charge in [0.2, 0.25) is 5.91 Å². The van der Waals surface area contributed by atoms with Crippen LogP contribution in [0.2, 0.25) is 0 Å². The van der Waals surface area contributed by atoms with Crippen molar-refractivity contribution in [3.05, 3.63) is 64.7 Å². The zero-order chi connectivity index (χ0) is 20.8. The molecule has 1 unspecified atom stereocenters. The third-order valence-electron chi connectivity index (χ3n) is 5.53. The summed E-state index contributed by atoms with van der Waals surface area (Å²) in [5, 5.41) is 5.48. The number of hydrogen-bond donors (Lipinski definition) is 2. The Morgan fingerprint density at radius 1 is 1.07 bits per heavy atom. The Morgan fingerprint density at radius 3 is 2.52 bits per heavy atom. The summed E-state index contributed by atoms with van der Waals surface area (Å²) in [6.07, 6.45) is 0.920. The molecule has 2 aliphatic heterocycles. The lowest BCUT2D eigenvalue weighted by atomic mass is 9.91. The standard InChI is InChI=1S/C22H21N3O4/c1-13-3-7-16(8-4-13)22(2)20(28)25(21(29)24-22)12-18(26)15-5-9-17-14(11-15)6-10-19(27)23-17/h3-5,7-9,11H,6,10,12H2,1-2H3,(H,23,27)(H,24,29). The minimum absolute atomic E-state index is 0.0497. The van der Waals surface area contributed by atoms with Crippen LogP contribution < -0.4 is 10.6 Å². The zero-order valence-corrected chi connectivity index (χ0v) is 16.2. The molecule has 7 heteroatoms. The number of hydrogen-bond acceptors (Lipinski definition) is 4. The third kappa shape index (κ3) is 3.29. The SMILES string of the molecule is Cc1ccc(C2(C)NC(=O)N(CC(=O)c3ccc4c(c3)CCC(=O)N4)C2=O)cc1. The van der Waals surface area contributed by atoms with Crippen LogP contribution in [0, 0.1) is 6.92 Å². The molecule has 29 heavy (non-hydrogen) atoms. The number of imide groups is 1. The number of nitrogens with one attached hydrogen (secondary N) is 2. The summed E-state index contributed by atoms with van der Waals surface area (Å²) < 4.78 is 0. The minimum Gasteiger partial charge on any atom is -0.326 e. The molecule has 0 bridgehead atoms. The quantitative estimate of drug-likeness (QED) is 0.618. The Bertz CT molecular complexity index is 1040. The summed E-state index contributed by atoms with van der Waals surface area (Å²) in [5.74, 6) is -0.836. The fourth-order valence-electron chi connectivity index (χ4n) is 3.71. The molecule has 4 amide bonds. The number of fused-ring (bicyclic) bond motifs is 1. The van der Waals surface area contributed by atoms with E-state index >= 15 is 0 Å². The van der Waals surface area contributed by atoms with Gasteiger partial charge in [0, 0.05) is 17.7 Å². The Kier molecular flexibility index (Phi) is 4.45. The van der Waals surface area contributed by atoms with Gasteiger partial charge in [-0.2, -0.15) is 0 Å². The molecule has 2 aromatic carbocycles. The average molecular weight is 391 g/mol. The first-order valence-electron chi connectivity index (χ1n) is 9.45. The molecule has 1 fully saturated rings. The lowest BCUT2D eigenvalue weighted by molar-refractivity contribution is -0.130. The molecule has 1 saturated heterocycles. The number of ketones is 1. The van der Waals surface area contributed by atoms with E-state index in [-0.39, 0.29) is 18.2 Å². The summed E-state index contributed by atoms with van der Waals surface area (Å²) in [4.78, 5) is 50.7. The summed E-state index contributed by atoms with van der Waals surface area (Å²) in [7, 11) is 0. The lowest BCUT2D eigenvalue weighted by Gasteiger charge is -2.22. The van der Waals surface area contributed by atoms with E-state index in [2.05, 4.69) is 10.6 Å². The normalized spacial score (nSPS) is 20.9. The first-order chi connectivity index (χ1) is 13.8. The van der Waals surface area contributed by atoms with Crippen LogP contribution >= 0.6 is 0 Å². The van der Waals surface area contributed by atoms with Crippen molar-refractivity contribution in [2.75, 3.05) is 11.9 Å². The topological polar surface area (TPSA) is 95.6 Å². The van der Waals surface area contributed by atoms with Crippen molar-refractivity contribution in [1.29, 1.82) is 0 Å². The fraction of sp³-hybridized carbons (Fsp3) is 0.273. The Morgan fingerprint density at radius 2 is 1.79 bits per heavy atom. The first kappa shape index (κ1) is 18.9. The maximum Gasteiger partial charge on any atom is 0.325 e. The molecule has 2 N–H and O–H groups in total. The number of carbonyl (C=O) groups is 4. The van der Waals surface area contributed by atoms with Crippen LogP contribution in [0.4, 0.5) is 10.5 Å². The van der Waals surface area contributed by atoms with E-state index in [9.17, 15) is 19.2 Å². The van der Waals surface area contributed by atoms with Gasteiger partial charge in [-0.25, -0.2) is 4.79 Å². The van der Waals surface area contributed by atoms with Crippen molar-refractivity contribution in [1.82, 2.24) is 10.2 Å². The van der Waals surface area contributed by atoms with Crippen LogP contribution in [-0.2, 0) is 21.5 Å². The molecule has 0 spiro atoms. The lowest BCUT2D eigenvalue weighted by Crippen LogP contribution is -2.41. The molecule has 7 nitrogen and oxygen atoms in total. The molecule has 0 aromatic heterocycles. The van der Waals surface area contributed by atoms with Gasteiger partial charge in [-0.15, -0.1) is 0 Å². The van der Waals surface area contributed by atoms with Crippen LogP contribution in [0.3, 0.4) is 0 Å². The van der Waals surface area contributed by atoms with Gasteiger partial charge in [0.05, 0.1) is 6.54 Å². The highest BCUT2D eigenvalue weighted by molar-refractivity contribution is 6.11. The number of nitrogens with zero attached hydrogens (tertiary/aromatic N) is 1. The second kappa shape index (κ2) is 6.84. The van der Waals surface area contributed by atoms with Gasteiger partial charge < -0.3 is 10.6 Å². The summed E-state index contributed by atoms with van der Waals surface area (Å²) >= 11 is 0. The van der Waals surface area contributed by atoms with Crippen LogP contribution in [0.25, 0.3) is 0 Å². The molecule has 0 radical (unpaired) electrons. The van der Waals surface area contributed by atoms with Crippen LogP contribution in [0.5, 0.6) is 0 Å². The summed E-state index contributed by atoms with van der Waals surface area (Å²) in [6.45, 7) is 3.25. The Labute approximate surface area is 168 Å². The minimum atomic E-state index is -1.20. The van der Waals surface area contributed by atoms with E-state index < -0.39 is 17.5 Å². The molecular formula is C22H21N3O4. The smallest absolute Gasteiger partial charge is 0.325 e. The summed E-state index contributed by atoms with van der Waals surface area (Å²) in [5.41, 5.74) is 2.48. The largest absolute Gasteiger partial charge is 0.326 e. The number of urea groups is 1. The number of anilines is 1. The predicted molar refractivity (Wildman–Crippen MR) is 106 cm³/mol. The maximum atomic E-state index is 13.0. The molecule has 2 aromatic rings. The van der Waals surface area contributed by atoms with Crippen molar-refractivity contribution in [2.24, 2.45) is 0 Å². The van der Waals surface area contributed by atoms with Crippen molar-refractivity contribution in [3.8, 4) is 0 Å². The molecule has 4 rings (SSSR count). The van der Waals surface area contributed by atoms with Gasteiger partial charge >= 0.3 is 6.03 Å². The van der Waals surface area contributed by atoms with Gasteiger partial charge in [-0.05, 0) is 49.6 Å². The van der Waals surface area contributed by atoms with Gasteiger partial charge in [0.15, 0.2) is 5.78 Å². The molecule has 2 heterocycles. The number of Topliss-reactive ketones (excluding diaryl/α,β-unsaturated/α-hetero) is 1. The highest BCUT2D eigenvalue weighted by atomic mass is 16.2. The molecule has 148 valence electrons. The van der Waals surface area contributed by atoms with E-state index in [1.807, 2.05) is 19.1 Å². The predicted octanol–water partition coefficient (Wildman–Crippen LogP) is 2.53. The van der Waals surface area contributed by atoms with Crippen molar-refractivity contribution < 1.29 is 19.2 Å². The monoisotopic (exact) mass is 391 g/mol. The number of carbonyl (C=O) groups excluding carboxylic acids is 4. The number of aryl methyl sites for hydroxylation is 2. The van der Waals surface area contributed by atoms with Crippen molar-refractivity contribution >= 4 is 29.3 Å². The maximum absolute atomic E-state index is 13.0. The molecule has 2 aliphatic rings. The first-order valence-corrected chi connectivity index (χ1v) is 9.45. The summed E-state index contributed by atoms with van der Waals surface area (Å²) in [6, 6.07) is 11.8. The second-order valence-electron chi connectivity index (χ2n) is 7.66.